The Morgan fingerprint density at radius 3 is 2.55 bits per heavy atom. The van der Waals surface area contributed by atoms with E-state index in [-0.39, 0.29) is 24.9 Å². The molecule has 0 radical (unpaired) electrons. The van der Waals surface area contributed by atoms with E-state index in [4.69, 9.17) is 4.74 Å². The van der Waals surface area contributed by atoms with Crippen LogP contribution < -0.4 is 5.32 Å². The maximum Gasteiger partial charge on any atom is 0.248 e. The molecule has 0 aromatic heterocycles. The van der Waals surface area contributed by atoms with Crippen LogP contribution in [0.1, 0.15) is 45.4 Å². The molecule has 1 N–H and O–H groups in total. The number of likely N-dealkylation sites (tertiary alicyclic amines) is 1. The molecule has 1 aliphatic carbocycles. The Morgan fingerprint density at radius 2 is 1.95 bits per heavy atom. The average molecular weight is 305 g/mol. The summed E-state index contributed by atoms with van der Waals surface area (Å²) in [5.41, 5.74) is 0. The minimum absolute atomic E-state index is 0. The van der Waals surface area contributed by atoms with Crippen LogP contribution in [-0.2, 0) is 9.53 Å². The number of amides is 1. The number of rotatable bonds is 8. The van der Waals surface area contributed by atoms with Crippen molar-refractivity contribution in [3.05, 3.63) is 0 Å². The lowest BCUT2D eigenvalue weighted by molar-refractivity contribution is -0.137. The molecular formula is C15H29ClN2O2. The third-order valence-corrected chi connectivity index (χ3v) is 4.11. The van der Waals surface area contributed by atoms with Gasteiger partial charge in [0.05, 0.1) is 0 Å². The van der Waals surface area contributed by atoms with Crippen LogP contribution in [-0.4, -0.2) is 49.7 Å². The van der Waals surface area contributed by atoms with Crippen molar-refractivity contribution < 1.29 is 9.53 Å². The Kier molecular flexibility index (Phi) is 8.50. The van der Waals surface area contributed by atoms with Gasteiger partial charge in [-0.25, -0.2) is 0 Å². The first-order valence-corrected chi connectivity index (χ1v) is 7.88. The van der Waals surface area contributed by atoms with Crippen LogP contribution in [0.4, 0.5) is 0 Å². The average Bonchev–Trinajstić information content (AvgIpc) is 3.26. The molecule has 1 saturated carbocycles. The molecule has 20 heavy (non-hydrogen) atoms. The molecule has 5 heteroatoms. The van der Waals surface area contributed by atoms with E-state index in [1.807, 2.05) is 4.90 Å². The van der Waals surface area contributed by atoms with Gasteiger partial charge in [0.2, 0.25) is 5.91 Å². The van der Waals surface area contributed by atoms with Crippen LogP contribution in [0.3, 0.4) is 0 Å². The summed E-state index contributed by atoms with van der Waals surface area (Å²) >= 11 is 0. The van der Waals surface area contributed by atoms with E-state index in [2.05, 4.69) is 12.2 Å². The molecule has 0 atom stereocenters. The molecule has 0 aromatic rings. The van der Waals surface area contributed by atoms with Crippen LogP contribution in [0.5, 0.6) is 0 Å². The molecule has 0 spiro atoms. The van der Waals surface area contributed by atoms with Gasteiger partial charge in [0.15, 0.2) is 0 Å². The van der Waals surface area contributed by atoms with Crippen LogP contribution in [0.2, 0.25) is 0 Å². The van der Waals surface area contributed by atoms with E-state index < -0.39 is 0 Å². The number of ether oxygens (including phenoxy) is 1. The Bertz CT molecular complexity index is 277. The van der Waals surface area contributed by atoms with Gasteiger partial charge in [0.1, 0.15) is 6.61 Å². The summed E-state index contributed by atoms with van der Waals surface area (Å²) in [6, 6.07) is 0.616. The topological polar surface area (TPSA) is 41.6 Å². The Labute approximate surface area is 129 Å². The molecule has 1 aliphatic heterocycles. The number of hydrogen-bond donors (Lipinski definition) is 1. The maximum absolute atomic E-state index is 11.9. The zero-order valence-corrected chi connectivity index (χ0v) is 13.4. The summed E-state index contributed by atoms with van der Waals surface area (Å²) in [4.78, 5) is 13.9. The van der Waals surface area contributed by atoms with E-state index in [0.717, 1.165) is 44.7 Å². The molecule has 118 valence electrons. The highest BCUT2D eigenvalue weighted by molar-refractivity contribution is 5.85. The minimum atomic E-state index is 0. The first-order chi connectivity index (χ1) is 9.29. The van der Waals surface area contributed by atoms with Gasteiger partial charge in [0, 0.05) is 25.7 Å². The van der Waals surface area contributed by atoms with Crippen molar-refractivity contribution >= 4 is 18.3 Å². The van der Waals surface area contributed by atoms with Crippen molar-refractivity contribution in [3.8, 4) is 0 Å². The summed E-state index contributed by atoms with van der Waals surface area (Å²) in [6.45, 7) is 6.06. The number of carbonyl (C=O) groups is 1. The van der Waals surface area contributed by atoms with Gasteiger partial charge in [-0.3, -0.25) is 4.79 Å². The first-order valence-electron chi connectivity index (χ1n) is 7.88. The van der Waals surface area contributed by atoms with Gasteiger partial charge in [-0.15, -0.1) is 12.4 Å². The largest absolute Gasteiger partial charge is 0.372 e. The zero-order chi connectivity index (χ0) is 13.5. The van der Waals surface area contributed by atoms with Gasteiger partial charge >= 0.3 is 0 Å². The van der Waals surface area contributed by atoms with Gasteiger partial charge < -0.3 is 15.0 Å². The predicted molar refractivity (Wildman–Crippen MR) is 83.3 cm³/mol. The molecule has 0 unspecified atom stereocenters. The fourth-order valence-corrected chi connectivity index (χ4v) is 2.49. The number of nitrogens with zero attached hydrogens (tertiary/aromatic N) is 1. The summed E-state index contributed by atoms with van der Waals surface area (Å²) in [7, 11) is 0. The summed E-state index contributed by atoms with van der Waals surface area (Å²) in [5, 5.41) is 3.63. The second-order valence-electron chi connectivity index (χ2n) is 5.91. The Balaban J connectivity index is 0.00000200. The third-order valence-electron chi connectivity index (χ3n) is 4.11. The number of piperidine rings is 1. The highest BCUT2D eigenvalue weighted by atomic mass is 35.5. The van der Waals surface area contributed by atoms with Gasteiger partial charge in [-0.1, -0.05) is 13.3 Å². The molecule has 2 rings (SSSR count). The first kappa shape index (κ1) is 17.7. The van der Waals surface area contributed by atoms with Crippen molar-refractivity contribution in [2.75, 3.05) is 32.8 Å². The highest BCUT2D eigenvalue weighted by Gasteiger charge is 2.25. The van der Waals surface area contributed by atoms with E-state index in [0.29, 0.717) is 12.6 Å². The number of halogens is 1. The number of hydrogen-bond acceptors (Lipinski definition) is 3. The summed E-state index contributed by atoms with van der Waals surface area (Å²) in [5.74, 6) is 1.10. The lowest BCUT2D eigenvalue weighted by atomic mass is 10.0. The Hall–Kier alpha value is -0.320. The van der Waals surface area contributed by atoms with E-state index in [1.165, 1.54) is 19.4 Å². The van der Waals surface area contributed by atoms with Crippen LogP contribution in [0.15, 0.2) is 0 Å². The predicted octanol–water partition coefficient (Wildman–Crippen LogP) is 2.22. The number of nitrogens with one attached hydrogen (secondary N) is 1. The fraction of sp³-hybridized carbons (Fsp3) is 0.933. The van der Waals surface area contributed by atoms with Gasteiger partial charge in [0.25, 0.3) is 0 Å². The normalized spacial score (nSPS) is 19.8. The maximum atomic E-state index is 11.9. The lowest BCUT2D eigenvalue weighted by Crippen LogP contribution is -2.46. The molecule has 0 aromatic carbocycles. The van der Waals surface area contributed by atoms with Crippen molar-refractivity contribution in [2.24, 2.45) is 5.92 Å². The fourth-order valence-electron chi connectivity index (χ4n) is 2.49. The molecule has 2 fully saturated rings. The standard InChI is InChI=1S/C15H28N2O2.ClH/c1-2-3-10-19-12-15(18)17-8-6-14(7-9-17)16-11-13-4-5-13;/h13-14,16H,2-12H2,1H3;1H. The molecule has 1 amide bonds. The number of unbranched alkanes of at least 4 members (excludes halogenated alkanes) is 1. The minimum Gasteiger partial charge on any atom is -0.372 e. The second kappa shape index (κ2) is 9.59. The van der Waals surface area contributed by atoms with E-state index in [1.54, 1.807) is 0 Å². The van der Waals surface area contributed by atoms with Crippen LogP contribution in [0, 0.1) is 5.92 Å². The SMILES string of the molecule is CCCCOCC(=O)N1CCC(NCC2CC2)CC1.Cl. The van der Waals surface area contributed by atoms with Gasteiger partial charge in [-0.2, -0.15) is 0 Å². The van der Waals surface area contributed by atoms with Crippen molar-refractivity contribution in [1.82, 2.24) is 10.2 Å². The second-order valence-corrected chi connectivity index (χ2v) is 5.91. The van der Waals surface area contributed by atoms with Crippen molar-refractivity contribution in [1.29, 1.82) is 0 Å². The van der Waals surface area contributed by atoms with Crippen molar-refractivity contribution in [2.45, 2.75) is 51.5 Å². The van der Waals surface area contributed by atoms with Crippen LogP contribution in [0.25, 0.3) is 0 Å². The molecular weight excluding hydrogens is 276 g/mol. The molecule has 1 heterocycles. The van der Waals surface area contributed by atoms with E-state index >= 15 is 0 Å². The number of carbonyl (C=O) groups excluding carboxylic acids is 1. The smallest absolute Gasteiger partial charge is 0.248 e. The zero-order valence-electron chi connectivity index (χ0n) is 12.6. The van der Waals surface area contributed by atoms with Gasteiger partial charge in [-0.05, 0) is 44.6 Å². The molecule has 0 bridgehead atoms. The molecule has 2 aliphatic rings. The van der Waals surface area contributed by atoms with E-state index in [9.17, 15) is 4.79 Å². The summed E-state index contributed by atoms with van der Waals surface area (Å²) < 4.78 is 5.40. The monoisotopic (exact) mass is 304 g/mol. The third kappa shape index (κ3) is 6.42. The molecule has 1 saturated heterocycles. The Morgan fingerprint density at radius 1 is 1.25 bits per heavy atom. The lowest BCUT2D eigenvalue weighted by Gasteiger charge is -2.32. The molecule has 4 nitrogen and oxygen atoms in total. The quantitative estimate of drug-likeness (QED) is 0.699. The highest BCUT2D eigenvalue weighted by Crippen LogP contribution is 2.28. The van der Waals surface area contributed by atoms with Crippen molar-refractivity contribution in [3.63, 3.8) is 0 Å². The summed E-state index contributed by atoms with van der Waals surface area (Å²) in [6.07, 6.45) is 7.15. The van der Waals surface area contributed by atoms with Crippen LogP contribution >= 0.6 is 12.4 Å².